The minimum atomic E-state index is -2.47. The maximum atomic E-state index is 12.1. The predicted octanol–water partition coefficient (Wildman–Crippen LogP) is 2.93. The van der Waals surface area contributed by atoms with Crippen molar-refractivity contribution in [3.63, 3.8) is 0 Å². The topological polar surface area (TPSA) is 28.1 Å². The Hall–Kier alpha value is -1.12. The van der Waals surface area contributed by atoms with Crippen molar-refractivity contribution in [3.8, 4) is 5.75 Å². The molecule has 7 heteroatoms. The van der Waals surface area contributed by atoms with E-state index < -0.39 is 13.0 Å². The van der Waals surface area contributed by atoms with E-state index in [0.29, 0.717) is 12.3 Å². The number of halogens is 3. The maximum absolute atomic E-state index is 12.1. The summed E-state index contributed by atoms with van der Waals surface area (Å²) in [6, 6.07) is 7.06. The van der Waals surface area contributed by atoms with Gasteiger partial charge in [-0.3, -0.25) is 0 Å². The van der Waals surface area contributed by atoms with Crippen molar-refractivity contribution >= 4 is 29.9 Å². The van der Waals surface area contributed by atoms with E-state index in [9.17, 15) is 8.78 Å². The second-order valence-corrected chi connectivity index (χ2v) is 4.75. The van der Waals surface area contributed by atoms with E-state index in [1.807, 2.05) is 44.1 Å². The average Bonchev–Trinajstić information content (AvgIpc) is 2.36. The van der Waals surface area contributed by atoms with Crippen LogP contribution in [0.4, 0.5) is 8.78 Å². The lowest BCUT2D eigenvalue weighted by Gasteiger charge is -2.22. The molecule has 21 heavy (non-hydrogen) atoms. The summed E-state index contributed by atoms with van der Waals surface area (Å²) in [4.78, 5) is 8.32. The maximum Gasteiger partial charge on any atom is 0.272 e. The molecule has 1 aromatic rings. The molecule has 1 aromatic carbocycles. The van der Waals surface area contributed by atoms with Gasteiger partial charge in [0.2, 0.25) is 0 Å². The Morgan fingerprint density at radius 3 is 2.33 bits per heavy atom. The highest BCUT2D eigenvalue weighted by Gasteiger charge is 2.06. The van der Waals surface area contributed by atoms with Crippen LogP contribution in [-0.4, -0.2) is 57.0 Å². The smallest absolute Gasteiger partial charge is 0.272 e. The molecule has 0 heterocycles. The van der Waals surface area contributed by atoms with Crippen molar-refractivity contribution in [3.05, 3.63) is 29.8 Å². The van der Waals surface area contributed by atoms with Gasteiger partial charge in [-0.05, 0) is 17.7 Å². The fourth-order valence-electron chi connectivity index (χ4n) is 1.74. The highest BCUT2D eigenvalue weighted by Crippen LogP contribution is 2.15. The van der Waals surface area contributed by atoms with E-state index in [0.717, 1.165) is 11.5 Å². The summed E-state index contributed by atoms with van der Waals surface area (Å²) in [7, 11) is 7.67. The van der Waals surface area contributed by atoms with Crippen LogP contribution in [0, 0.1) is 0 Å². The van der Waals surface area contributed by atoms with Gasteiger partial charge in [-0.15, -0.1) is 24.0 Å². The average molecular weight is 413 g/mol. The summed E-state index contributed by atoms with van der Waals surface area (Å²) in [5, 5.41) is 0. The molecule has 0 saturated carbocycles. The number of nitrogens with zero attached hydrogens (tertiary/aromatic N) is 3. The lowest BCUT2D eigenvalue weighted by atomic mass is 10.2. The van der Waals surface area contributed by atoms with Crippen LogP contribution in [0.2, 0.25) is 0 Å². The third kappa shape index (κ3) is 7.45. The van der Waals surface area contributed by atoms with E-state index in [4.69, 9.17) is 4.74 Å². The van der Waals surface area contributed by atoms with Crippen LogP contribution in [0.1, 0.15) is 5.56 Å². The predicted molar refractivity (Wildman–Crippen MR) is 91.9 cm³/mol. The van der Waals surface area contributed by atoms with Crippen molar-refractivity contribution in [2.24, 2.45) is 4.99 Å². The highest BCUT2D eigenvalue weighted by molar-refractivity contribution is 14.0. The van der Waals surface area contributed by atoms with Gasteiger partial charge in [0.15, 0.2) is 5.96 Å². The minimum absolute atomic E-state index is 0. The number of rotatable bonds is 5. The number of benzene rings is 1. The van der Waals surface area contributed by atoms with Gasteiger partial charge in [0.25, 0.3) is 6.43 Å². The first-order chi connectivity index (χ1) is 9.40. The van der Waals surface area contributed by atoms with Gasteiger partial charge in [-0.2, -0.15) is 0 Å². The fraction of sp³-hybridized carbons (Fsp3) is 0.500. The van der Waals surface area contributed by atoms with Crippen LogP contribution in [-0.2, 0) is 6.54 Å². The van der Waals surface area contributed by atoms with Crippen LogP contribution in [0.5, 0.6) is 5.75 Å². The number of alkyl halides is 2. The Balaban J connectivity index is 0.00000400. The van der Waals surface area contributed by atoms with E-state index >= 15 is 0 Å². The second kappa shape index (κ2) is 9.75. The van der Waals surface area contributed by atoms with Gasteiger partial charge < -0.3 is 14.5 Å². The van der Waals surface area contributed by atoms with Gasteiger partial charge in [0, 0.05) is 28.2 Å². The molecule has 1 rings (SSSR count). The molecular formula is C14H22F2IN3O. The van der Waals surface area contributed by atoms with Crippen molar-refractivity contribution in [2.75, 3.05) is 34.8 Å². The summed E-state index contributed by atoms with van der Waals surface area (Å²) in [6.07, 6.45) is -2.47. The Labute approximate surface area is 141 Å². The Morgan fingerprint density at radius 1 is 1.19 bits per heavy atom. The quantitative estimate of drug-likeness (QED) is 0.422. The molecule has 4 nitrogen and oxygen atoms in total. The first kappa shape index (κ1) is 19.9. The fourth-order valence-corrected chi connectivity index (χ4v) is 1.74. The molecule has 0 aliphatic heterocycles. The molecule has 0 aliphatic carbocycles. The van der Waals surface area contributed by atoms with Gasteiger partial charge in [0.1, 0.15) is 12.4 Å². The van der Waals surface area contributed by atoms with Crippen molar-refractivity contribution in [1.29, 1.82) is 0 Å². The molecule has 0 aromatic heterocycles. The van der Waals surface area contributed by atoms with Crippen LogP contribution in [0.3, 0.4) is 0 Å². The molecule has 0 saturated heterocycles. The third-order valence-corrected chi connectivity index (χ3v) is 2.48. The monoisotopic (exact) mass is 413 g/mol. The van der Waals surface area contributed by atoms with E-state index in [2.05, 4.69) is 4.99 Å². The molecule has 0 unspecified atom stereocenters. The number of ether oxygens (including phenoxy) is 1. The summed E-state index contributed by atoms with van der Waals surface area (Å²) in [5.74, 6) is 1.28. The highest BCUT2D eigenvalue weighted by atomic mass is 127. The molecular weight excluding hydrogens is 391 g/mol. The molecule has 0 N–H and O–H groups in total. The largest absolute Gasteiger partial charge is 0.488 e. The SMILES string of the molecule is CN(C)C(=NCc1cccc(OCC(F)F)c1)N(C)C.I. The normalized spacial score (nSPS) is 9.86. The summed E-state index contributed by atoms with van der Waals surface area (Å²) >= 11 is 0. The second-order valence-electron chi connectivity index (χ2n) is 4.75. The van der Waals surface area contributed by atoms with Gasteiger partial charge in [-0.25, -0.2) is 13.8 Å². The summed E-state index contributed by atoms with van der Waals surface area (Å²) < 4.78 is 29.2. The zero-order valence-electron chi connectivity index (χ0n) is 12.7. The van der Waals surface area contributed by atoms with Crippen LogP contribution in [0.25, 0.3) is 0 Å². The van der Waals surface area contributed by atoms with Gasteiger partial charge in [0.05, 0.1) is 6.54 Å². The lowest BCUT2D eigenvalue weighted by Crippen LogP contribution is -2.35. The summed E-state index contributed by atoms with van der Waals surface area (Å²) in [6.45, 7) is -0.120. The van der Waals surface area contributed by atoms with Crippen LogP contribution in [0.15, 0.2) is 29.3 Å². The van der Waals surface area contributed by atoms with E-state index in [1.54, 1.807) is 18.2 Å². The van der Waals surface area contributed by atoms with Gasteiger partial charge in [-0.1, -0.05) is 12.1 Å². The van der Waals surface area contributed by atoms with Crippen molar-refractivity contribution in [1.82, 2.24) is 9.80 Å². The Bertz CT molecular complexity index is 444. The van der Waals surface area contributed by atoms with E-state index in [1.165, 1.54) is 0 Å². The first-order valence-corrected chi connectivity index (χ1v) is 6.29. The molecule has 0 atom stereocenters. The minimum Gasteiger partial charge on any atom is -0.488 e. The number of aliphatic imine (C=N–C) groups is 1. The molecule has 0 spiro atoms. The Morgan fingerprint density at radius 2 is 1.81 bits per heavy atom. The van der Waals surface area contributed by atoms with Gasteiger partial charge >= 0.3 is 0 Å². The third-order valence-electron chi connectivity index (χ3n) is 2.48. The zero-order chi connectivity index (χ0) is 15.1. The summed E-state index contributed by atoms with van der Waals surface area (Å²) in [5.41, 5.74) is 0.915. The molecule has 0 radical (unpaired) electrons. The number of hydrogen-bond donors (Lipinski definition) is 0. The van der Waals surface area contributed by atoms with Crippen LogP contribution < -0.4 is 4.74 Å². The van der Waals surface area contributed by atoms with Crippen LogP contribution >= 0.6 is 24.0 Å². The first-order valence-electron chi connectivity index (χ1n) is 6.29. The molecule has 0 amide bonds. The molecule has 0 bridgehead atoms. The van der Waals surface area contributed by atoms with Crippen molar-refractivity contribution < 1.29 is 13.5 Å². The van der Waals surface area contributed by atoms with Crippen molar-refractivity contribution in [2.45, 2.75) is 13.0 Å². The molecule has 120 valence electrons. The molecule has 0 aliphatic rings. The lowest BCUT2D eigenvalue weighted by molar-refractivity contribution is 0.0818. The Kier molecular flexibility index (Phi) is 9.23. The number of guanidine groups is 1. The molecule has 0 fully saturated rings. The standard InChI is InChI=1S/C14H21F2N3O.HI/c1-18(2)14(19(3)4)17-9-11-6-5-7-12(8-11)20-10-13(15)16;/h5-8,13H,9-10H2,1-4H3;1H. The zero-order valence-corrected chi connectivity index (χ0v) is 15.0. The number of hydrogen-bond acceptors (Lipinski definition) is 2. The van der Waals surface area contributed by atoms with E-state index in [-0.39, 0.29) is 24.0 Å².